The van der Waals surface area contributed by atoms with E-state index in [-0.39, 0.29) is 11.1 Å². The maximum atomic E-state index is 12.3. The Balaban J connectivity index is 2.29. The topological polar surface area (TPSA) is 50.3 Å². The lowest BCUT2D eigenvalue weighted by atomic mass is 10.3. The van der Waals surface area contributed by atoms with Crippen LogP contribution in [-0.4, -0.2) is 30.3 Å². The minimum atomic E-state index is -3.43. The highest BCUT2D eigenvalue weighted by molar-refractivity contribution is 7.89. The third-order valence-electron chi connectivity index (χ3n) is 2.79. The SMILES string of the molecule is CCN(C1CC1)S(=O)(=O)c1ccc(CCl)cn1. The van der Waals surface area contributed by atoms with Crippen LogP contribution < -0.4 is 0 Å². The summed E-state index contributed by atoms with van der Waals surface area (Å²) in [5, 5.41) is 0.111. The molecule has 0 atom stereocenters. The van der Waals surface area contributed by atoms with Gasteiger partial charge < -0.3 is 0 Å². The van der Waals surface area contributed by atoms with Crippen LogP contribution in [0, 0.1) is 0 Å². The first-order chi connectivity index (χ1) is 8.09. The summed E-state index contributed by atoms with van der Waals surface area (Å²) in [6.07, 6.45) is 3.42. The minimum absolute atomic E-state index is 0.111. The van der Waals surface area contributed by atoms with Crippen LogP contribution in [0.4, 0.5) is 0 Å². The van der Waals surface area contributed by atoms with E-state index in [2.05, 4.69) is 4.98 Å². The van der Waals surface area contributed by atoms with Gasteiger partial charge in [-0.15, -0.1) is 11.6 Å². The lowest BCUT2D eigenvalue weighted by molar-refractivity contribution is 0.419. The van der Waals surface area contributed by atoms with Crippen molar-refractivity contribution in [2.24, 2.45) is 0 Å². The van der Waals surface area contributed by atoms with Gasteiger partial charge in [-0.3, -0.25) is 0 Å². The third kappa shape index (κ3) is 2.61. The van der Waals surface area contributed by atoms with E-state index in [1.165, 1.54) is 16.6 Å². The highest BCUT2D eigenvalue weighted by Crippen LogP contribution is 2.31. The molecule has 2 rings (SSSR count). The van der Waals surface area contributed by atoms with Crippen LogP contribution in [0.2, 0.25) is 0 Å². The molecule has 0 N–H and O–H groups in total. The Kier molecular flexibility index (Phi) is 3.70. The number of nitrogens with zero attached hydrogens (tertiary/aromatic N) is 2. The van der Waals surface area contributed by atoms with Gasteiger partial charge in [0.15, 0.2) is 5.03 Å². The Morgan fingerprint density at radius 2 is 2.18 bits per heavy atom. The minimum Gasteiger partial charge on any atom is -0.243 e. The van der Waals surface area contributed by atoms with Crippen molar-refractivity contribution >= 4 is 21.6 Å². The summed E-state index contributed by atoms with van der Waals surface area (Å²) >= 11 is 5.64. The maximum Gasteiger partial charge on any atom is 0.260 e. The molecule has 94 valence electrons. The van der Waals surface area contributed by atoms with Crippen molar-refractivity contribution in [2.75, 3.05) is 6.54 Å². The Bertz CT molecular complexity index is 483. The van der Waals surface area contributed by atoms with Crippen LogP contribution in [0.15, 0.2) is 23.4 Å². The van der Waals surface area contributed by atoms with Crippen molar-refractivity contribution in [2.45, 2.75) is 36.7 Å². The number of sulfonamides is 1. The normalized spacial score (nSPS) is 16.4. The van der Waals surface area contributed by atoms with Gasteiger partial charge in [-0.1, -0.05) is 13.0 Å². The molecule has 17 heavy (non-hydrogen) atoms. The molecule has 1 aromatic rings. The van der Waals surface area contributed by atoms with Crippen molar-refractivity contribution < 1.29 is 8.42 Å². The molecule has 1 aromatic heterocycles. The van der Waals surface area contributed by atoms with Crippen molar-refractivity contribution in [3.8, 4) is 0 Å². The van der Waals surface area contributed by atoms with Crippen LogP contribution in [0.5, 0.6) is 0 Å². The van der Waals surface area contributed by atoms with E-state index in [9.17, 15) is 8.42 Å². The summed E-state index contributed by atoms with van der Waals surface area (Å²) in [6.45, 7) is 2.34. The number of hydrogen-bond acceptors (Lipinski definition) is 3. The monoisotopic (exact) mass is 274 g/mol. The lowest BCUT2D eigenvalue weighted by Gasteiger charge is -2.19. The first kappa shape index (κ1) is 12.8. The van der Waals surface area contributed by atoms with Crippen molar-refractivity contribution in [3.05, 3.63) is 23.9 Å². The van der Waals surface area contributed by atoms with E-state index in [1.807, 2.05) is 6.92 Å². The van der Waals surface area contributed by atoms with Gasteiger partial charge in [0, 0.05) is 24.7 Å². The van der Waals surface area contributed by atoms with Crippen LogP contribution in [0.3, 0.4) is 0 Å². The van der Waals surface area contributed by atoms with Crippen molar-refractivity contribution in [1.29, 1.82) is 0 Å². The molecule has 0 radical (unpaired) electrons. The molecule has 0 aromatic carbocycles. The number of pyridine rings is 1. The highest BCUT2D eigenvalue weighted by Gasteiger charge is 2.37. The van der Waals surface area contributed by atoms with Crippen LogP contribution >= 0.6 is 11.6 Å². The van der Waals surface area contributed by atoms with Crippen LogP contribution in [0.1, 0.15) is 25.3 Å². The number of alkyl halides is 1. The lowest BCUT2D eigenvalue weighted by Crippen LogP contribution is -2.33. The van der Waals surface area contributed by atoms with E-state index in [0.29, 0.717) is 12.4 Å². The predicted octanol–water partition coefficient (Wildman–Crippen LogP) is 1.99. The summed E-state index contributed by atoms with van der Waals surface area (Å²) < 4.78 is 26.1. The van der Waals surface area contributed by atoms with Crippen molar-refractivity contribution in [3.63, 3.8) is 0 Å². The van der Waals surface area contributed by atoms with Crippen LogP contribution in [-0.2, 0) is 15.9 Å². The number of halogens is 1. The average Bonchev–Trinajstić information content (AvgIpc) is 3.14. The van der Waals surface area contributed by atoms with E-state index in [1.54, 1.807) is 6.07 Å². The summed E-state index contributed by atoms with van der Waals surface area (Å²) in [5.74, 6) is 0.341. The zero-order valence-electron chi connectivity index (χ0n) is 9.63. The molecule has 0 unspecified atom stereocenters. The summed E-state index contributed by atoms with van der Waals surface area (Å²) in [6, 6.07) is 3.39. The largest absolute Gasteiger partial charge is 0.260 e. The molecule has 1 heterocycles. The van der Waals surface area contributed by atoms with Gasteiger partial charge in [0.1, 0.15) is 0 Å². The molecule has 4 nitrogen and oxygen atoms in total. The maximum absolute atomic E-state index is 12.3. The smallest absolute Gasteiger partial charge is 0.243 e. The molecular weight excluding hydrogens is 260 g/mol. The second kappa shape index (κ2) is 4.92. The third-order valence-corrected chi connectivity index (χ3v) is 5.04. The van der Waals surface area contributed by atoms with Gasteiger partial charge in [-0.25, -0.2) is 13.4 Å². The van der Waals surface area contributed by atoms with Gasteiger partial charge in [0.05, 0.1) is 0 Å². The fraction of sp³-hybridized carbons (Fsp3) is 0.545. The average molecular weight is 275 g/mol. The number of aromatic nitrogens is 1. The quantitative estimate of drug-likeness (QED) is 0.772. The molecule has 0 amide bonds. The molecule has 1 fully saturated rings. The predicted molar refractivity (Wildman–Crippen MR) is 66.4 cm³/mol. The molecule has 0 spiro atoms. The Labute approximate surface area is 107 Å². The van der Waals surface area contributed by atoms with Gasteiger partial charge in [0.2, 0.25) is 0 Å². The summed E-state index contributed by atoms with van der Waals surface area (Å²) in [5.41, 5.74) is 0.820. The van der Waals surface area contributed by atoms with Crippen molar-refractivity contribution in [1.82, 2.24) is 9.29 Å². The fourth-order valence-electron chi connectivity index (χ4n) is 1.75. The van der Waals surface area contributed by atoms with E-state index in [0.717, 1.165) is 18.4 Å². The molecule has 0 bridgehead atoms. The standard InChI is InChI=1S/C11H15ClN2O2S/c1-2-14(10-4-5-10)17(15,16)11-6-3-9(7-12)8-13-11/h3,6,8,10H,2,4-5,7H2,1H3. The zero-order chi connectivity index (χ0) is 12.5. The van der Waals surface area contributed by atoms with E-state index < -0.39 is 10.0 Å². The Hall–Kier alpha value is -0.650. The fourth-order valence-corrected chi connectivity index (χ4v) is 3.52. The Morgan fingerprint density at radius 1 is 1.47 bits per heavy atom. The molecule has 1 aliphatic rings. The first-order valence-corrected chi connectivity index (χ1v) is 7.59. The van der Waals surface area contributed by atoms with E-state index in [4.69, 9.17) is 11.6 Å². The second-order valence-electron chi connectivity index (χ2n) is 4.08. The summed E-state index contributed by atoms with van der Waals surface area (Å²) in [7, 11) is -3.43. The first-order valence-electron chi connectivity index (χ1n) is 5.62. The zero-order valence-corrected chi connectivity index (χ0v) is 11.2. The van der Waals surface area contributed by atoms with Gasteiger partial charge in [-0.2, -0.15) is 4.31 Å². The highest BCUT2D eigenvalue weighted by atomic mass is 35.5. The molecule has 1 aliphatic carbocycles. The molecular formula is C11H15ClN2O2S. The molecule has 0 saturated heterocycles. The molecule has 0 aliphatic heterocycles. The van der Waals surface area contributed by atoms with Gasteiger partial charge >= 0.3 is 0 Å². The number of hydrogen-bond donors (Lipinski definition) is 0. The van der Waals surface area contributed by atoms with E-state index >= 15 is 0 Å². The number of rotatable bonds is 5. The van der Waals surface area contributed by atoms with Gasteiger partial charge in [-0.05, 0) is 24.5 Å². The van der Waals surface area contributed by atoms with Crippen LogP contribution in [0.25, 0.3) is 0 Å². The second-order valence-corrected chi connectivity index (χ2v) is 6.18. The molecule has 1 saturated carbocycles. The molecule has 6 heteroatoms. The Morgan fingerprint density at radius 3 is 2.59 bits per heavy atom. The summed E-state index contributed by atoms with van der Waals surface area (Å²) in [4.78, 5) is 3.99. The van der Waals surface area contributed by atoms with Gasteiger partial charge in [0.25, 0.3) is 10.0 Å².